The summed E-state index contributed by atoms with van der Waals surface area (Å²) in [6, 6.07) is 15.8. The van der Waals surface area contributed by atoms with Crippen molar-refractivity contribution in [3.63, 3.8) is 0 Å². The maximum Gasteiger partial charge on any atom is 0.276 e. The van der Waals surface area contributed by atoms with Crippen LogP contribution >= 0.6 is 12.2 Å². The molecule has 3 aromatic rings. The van der Waals surface area contributed by atoms with Crippen LogP contribution in [0.15, 0.2) is 60.4 Å². The molecule has 0 radical (unpaired) electrons. The smallest absolute Gasteiger partial charge is 0.276 e. The molecule has 1 aromatic heterocycles. The van der Waals surface area contributed by atoms with Crippen LogP contribution in [0, 0.1) is 0 Å². The van der Waals surface area contributed by atoms with Crippen LogP contribution in [0.2, 0.25) is 0 Å². The molecule has 2 aromatic carbocycles. The Hall–Kier alpha value is -3.32. The summed E-state index contributed by atoms with van der Waals surface area (Å²) in [5.74, 6) is 1.54. The van der Waals surface area contributed by atoms with Crippen molar-refractivity contribution in [2.75, 3.05) is 20.7 Å². The van der Waals surface area contributed by atoms with Crippen molar-refractivity contribution in [3.8, 4) is 11.5 Å². The van der Waals surface area contributed by atoms with Crippen LogP contribution in [0.25, 0.3) is 17.0 Å². The zero-order valence-corrected chi connectivity index (χ0v) is 19.6. The van der Waals surface area contributed by atoms with Gasteiger partial charge in [0.25, 0.3) is 5.91 Å². The van der Waals surface area contributed by atoms with Crippen LogP contribution in [0.4, 0.5) is 0 Å². The number of hydrogen-bond acceptors (Lipinski definition) is 4. The van der Waals surface area contributed by atoms with Crippen molar-refractivity contribution < 1.29 is 14.3 Å². The lowest BCUT2D eigenvalue weighted by atomic mass is 10.1. The number of carbonyl (C=O) groups is 1. The van der Waals surface area contributed by atoms with Gasteiger partial charge in [0.1, 0.15) is 23.8 Å². The Morgan fingerprint density at radius 3 is 2.34 bits per heavy atom. The summed E-state index contributed by atoms with van der Waals surface area (Å²) in [6.45, 7) is 5.20. The second kappa shape index (κ2) is 9.04. The van der Waals surface area contributed by atoms with E-state index in [9.17, 15) is 4.79 Å². The third-order valence-corrected chi connectivity index (χ3v) is 5.91. The van der Waals surface area contributed by atoms with Gasteiger partial charge in [-0.2, -0.15) is 0 Å². The average Bonchev–Trinajstić information content (AvgIpc) is 3.21. The van der Waals surface area contributed by atoms with E-state index in [1.54, 1.807) is 11.9 Å². The van der Waals surface area contributed by atoms with Gasteiger partial charge in [0.05, 0.1) is 12.6 Å². The molecule has 6 nitrogen and oxygen atoms in total. The van der Waals surface area contributed by atoms with E-state index in [4.69, 9.17) is 21.7 Å². The molecule has 0 spiro atoms. The summed E-state index contributed by atoms with van der Waals surface area (Å²) in [7, 11) is 3.52. The molecule has 0 N–H and O–H groups in total. The Morgan fingerprint density at radius 1 is 1.00 bits per heavy atom. The number of fused-ring (bicyclic) bond motifs is 1. The molecule has 0 atom stereocenters. The number of amides is 1. The highest BCUT2D eigenvalue weighted by molar-refractivity contribution is 7.80. The van der Waals surface area contributed by atoms with Gasteiger partial charge in [0.15, 0.2) is 5.11 Å². The Labute approximate surface area is 193 Å². The minimum atomic E-state index is -0.0949. The Kier molecular flexibility index (Phi) is 6.19. The van der Waals surface area contributed by atoms with Crippen LogP contribution in [-0.2, 0) is 11.3 Å². The lowest BCUT2D eigenvalue weighted by Crippen LogP contribution is -2.26. The fourth-order valence-corrected chi connectivity index (χ4v) is 3.94. The van der Waals surface area contributed by atoms with Crippen LogP contribution in [0.3, 0.4) is 0 Å². The highest BCUT2D eigenvalue weighted by atomic mass is 32.1. The SMILES string of the molecule is CC(C)Oc1ccc(OCCn2cc(/C=C3\C(=O)N(C)C(=S)N3C)c3ccccc32)cc1. The number of thiocarbonyl (C=S) groups is 1. The lowest BCUT2D eigenvalue weighted by molar-refractivity contribution is -0.121. The molecule has 32 heavy (non-hydrogen) atoms. The molecule has 1 amide bonds. The van der Waals surface area contributed by atoms with E-state index in [2.05, 4.69) is 22.9 Å². The van der Waals surface area contributed by atoms with Crippen LogP contribution < -0.4 is 9.47 Å². The molecule has 1 aliphatic rings. The fourth-order valence-electron chi connectivity index (χ4n) is 3.76. The van der Waals surface area contributed by atoms with Crippen molar-refractivity contribution >= 4 is 40.2 Å². The van der Waals surface area contributed by atoms with Crippen LogP contribution in [0.5, 0.6) is 11.5 Å². The Bertz CT molecular complexity index is 1180. The lowest BCUT2D eigenvalue weighted by Gasteiger charge is -2.11. The van der Waals surface area contributed by atoms with Crippen LogP contribution in [0.1, 0.15) is 19.4 Å². The second-order valence-corrected chi connectivity index (χ2v) is 8.38. The number of rotatable bonds is 7. The van der Waals surface area contributed by atoms with E-state index in [1.807, 2.05) is 63.4 Å². The fraction of sp³-hybridized carbons (Fsp3) is 0.280. The number of carbonyl (C=O) groups excluding carboxylic acids is 1. The van der Waals surface area contributed by atoms with E-state index < -0.39 is 0 Å². The van der Waals surface area contributed by atoms with Gasteiger partial charge in [-0.05, 0) is 62.5 Å². The minimum Gasteiger partial charge on any atom is -0.492 e. The van der Waals surface area contributed by atoms with Crippen molar-refractivity contribution in [3.05, 3.63) is 66.0 Å². The van der Waals surface area contributed by atoms with Gasteiger partial charge in [-0.1, -0.05) is 18.2 Å². The van der Waals surface area contributed by atoms with Gasteiger partial charge < -0.3 is 18.9 Å². The van der Waals surface area contributed by atoms with Gasteiger partial charge in [0, 0.05) is 36.8 Å². The topological polar surface area (TPSA) is 46.9 Å². The van der Waals surface area contributed by atoms with E-state index in [0.29, 0.717) is 24.0 Å². The maximum atomic E-state index is 12.6. The van der Waals surface area contributed by atoms with E-state index in [1.165, 1.54) is 4.90 Å². The third kappa shape index (κ3) is 4.34. The number of likely N-dealkylation sites (N-methyl/N-ethyl adjacent to an activating group) is 2. The molecule has 0 unspecified atom stereocenters. The molecular weight excluding hydrogens is 422 g/mol. The number of nitrogens with zero attached hydrogens (tertiary/aromatic N) is 3. The summed E-state index contributed by atoms with van der Waals surface area (Å²) in [4.78, 5) is 15.8. The van der Waals surface area contributed by atoms with E-state index >= 15 is 0 Å². The highest BCUT2D eigenvalue weighted by Crippen LogP contribution is 2.27. The van der Waals surface area contributed by atoms with Crippen molar-refractivity contribution in [1.29, 1.82) is 0 Å². The predicted molar refractivity (Wildman–Crippen MR) is 131 cm³/mol. The molecule has 4 rings (SSSR count). The largest absolute Gasteiger partial charge is 0.492 e. The number of para-hydroxylation sites is 1. The molecule has 2 heterocycles. The van der Waals surface area contributed by atoms with Crippen molar-refractivity contribution in [1.82, 2.24) is 14.4 Å². The average molecular weight is 450 g/mol. The normalized spacial score (nSPS) is 15.5. The molecule has 1 saturated heterocycles. The number of aromatic nitrogens is 1. The van der Waals surface area contributed by atoms with Crippen molar-refractivity contribution in [2.45, 2.75) is 26.5 Å². The first-order valence-electron chi connectivity index (χ1n) is 10.6. The summed E-state index contributed by atoms with van der Waals surface area (Å²) in [5.41, 5.74) is 2.64. The maximum absolute atomic E-state index is 12.6. The standard InChI is InChI=1S/C25H27N3O3S/c1-17(2)31-20-11-9-19(10-12-20)30-14-13-28-16-18(21-7-5-6-8-22(21)28)15-23-24(29)27(4)25(32)26(23)3/h5-12,15-17H,13-14H2,1-4H3/b23-15+. The monoisotopic (exact) mass is 449 g/mol. The summed E-state index contributed by atoms with van der Waals surface area (Å²) < 4.78 is 13.8. The quantitative estimate of drug-likeness (QED) is 0.392. The van der Waals surface area contributed by atoms with Gasteiger partial charge in [-0.25, -0.2) is 0 Å². The predicted octanol–water partition coefficient (Wildman–Crippen LogP) is 4.54. The summed E-state index contributed by atoms with van der Waals surface area (Å²) >= 11 is 5.33. The van der Waals surface area contributed by atoms with Crippen molar-refractivity contribution in [2.24, 2.45) is 0 Å². The van der Waals surface area contributed by atoms with E-state index in [0.717, 1.165) is 28.0 Å². The second-order valence-electron chi connectivity index (χ2n) is 8.02. The molecule has 1 aliphatic heterocycles. The first-order chi connectivity index (χ1) is 15.3. The van der Waals surface area contributed by atoms with Gasteiger partial charge >= 0.3 is 0 Å². The van der Waals surface area contributed by atoms with Crippen LogP contribution in [-0.4, -0.2) is 52.2 Å². The van der Waals surface area contributed by atoms with E-state index in [-0.39, 0.29) is 12.0 Å². The molecule has 166 valence electrons. The first-order valence-corrected chi connectivity index (χ1v) is 11.0. The highest BCUT2D eigenvalue weighted by Gasteiger charge is 2.32. The number of ether oxygens (including phenoxy) is 2. The summed E-state index contributed by atoms with van der Waals surface area (Å²) in [5, 5.41) is 1.58. The third-order valence-electron chi connectivity index (χ3n) is 5.37. The number of hydrogen-bond donors (Lipinski definition) is 0. The molecule has 0 saturated carbocycles. The Morgan fingerprint density at radius 2 is 1.69 bits per heavy atom. The summed E-state index contributed by atoms with van der Waals surface area (Å²) in [6.07, 6.45) is 4.11. The number of benzene rings is 2. The zero-order chi connectivity index (χ0) is 22.8. The van der Waals surface area contributed by atoms with Gasteiger partial charge in [-0.3, -0.25) is 9.69 Å². The zero-order valence-electron chi connectivity index (χ0n) is 18.7. The molecule has 1 fully saturated rings. The van der Waals surface area contributed by atoms with Gasteiger partial charge in [-0.15, -0.1) is 0 Å². The minimum absolute atomic E-state index is 0.0949. The molecule has 0 bridgehead atoms. The molecular formula is C25H27N3O3S. The molecule has 7 heteroatoms. The Balaban J connectivity index is 1.51. The first kappa shape index (κ1) is 21.9. The van der Waals surface area contributed by atoms with Gasteiger partial charge in [0.2, 0.25) is 0 Å². The molecule has 0 aliphatic carbocycles.